The average molecular weight is 460 g/mol. The van der Waals surface area contributed by atoms with Crippen LogP contribution in [0.2, 0.25) is 0 Å². The Labute approximate surface area is 169 Å². The normalized spacial score (nSPS) is 15.6. The minimum atomic E-state index is 0. The van der Waals surface area contributed by atoms with E-state index in [1.54, 1.807) is 0 Å². The number of hydrogen-bond donors (Lipinski definition) is 2. The van der Waals surface area contributed by atoms with E-state index >= 15 is 0 Å². The highest BCUT2D eigenvalue weighted by Gasteiger charge is 2.09. The molecule has 0 bridgehead atoms. The van der Waals surface area contributed by atoms with Gasteiger partial charge in [0.2, 0.25) is 0 Å². The minimum absolute atomic E-state index is 0. The largest absolute Gasteiger partial charge is 0.379 e. The summed E-state index contributed by atoms with van der Waals surface area (Å²) in [6, 6.07) is 6.66. The first-order valence-electron chi connectivity index (χ1n) is 9.07. The van der Waals surface area contributed by atoms with Gasteiger partial charge in [-0.15, -0.1) is 24.0 Å². The lowest BCUT2D eigenvalue weighted by Crippen LogP contribution is -2.40. The summed E-state index contributed by atoms with van der Waals surface area (Å²) in [5, 5.41) is 6.77. The number of guanidine groups is 1. The number of benzene rings is 1. The van der Waals surface area contributed by atoms with Crippen LogP contribution in [-0.4, -0.2) is 63.3 Å². The fraction of sp³-hybridized carbons (Fsp3) is 0.632. The lowest BCUT2D eigenvalue weighted by Gasteiger charge is -2.25. The summed E-state index contributed by atoms with van der Waals surface area (Å²) >= 11 is 0. The monoisotopic (exact) mass is 460 g/mol. The Balaban J connectivity index is 0.00000312. The minimum Gasteiger partial charge on any atom is -0.379 e. The van der Waals surface area contributed by atoms with Gasteiger partial charge in [0.25, 0.3) is 0 Å². The zero-order valence-corrected chi connectivity index (χ0v) is 18.1. The first-order chi connectivity index (χ1) is 11.7. The van der Waals surface area contributed by atoms with Crippen LogP contribution in [0, 0.1) is 13.8 Å². The molecule has 6 heteroatoms. The van der Waals surface area contributed by atoms with Gasteiger partial charge in [0.05, 0.1) is 19.8 Å². The molecule has 1 aromatic rings. The topological polar surface area (TPSA) is 48.9 Å². The second-order valence-electron chi connectivity index (χ2n) is 6.32. The van der Waals surface area contributed by atoms with Crippen LogP contribution in [0.15, 0.2) is 23.2 Å². The SMILES string of the molecule is CCNC(=NCCN1CCOCC1)NCCc1ccc(C)cc1C.I. The van der Waals surface area contributed by atoms with Crippen molar-refractivity contribution in [3.05, 3.63) is 34.9 Å². The molecule has 0 atom stereocenters. The maximum absolute atomic E-state index is 5.38. The zero-order chi connectivity index (χ0) is 17.2. The molecule has 0 aromatic heterocycles. The number of nitrogens with one attached hydrogen (secondary N) is 2. The Bertz CT molecular complexity index is 530. The third kappa shape index (κ3) is 8.37. The van der Waals surface area contributed by atoms with Crippen molar-refractivity contribution < 1.29 is 4.74 Å². The van der Waals surface area contributed by atoms with Crippen molar-refractivity contribution in [2.45, 2.75) is 27.2 Å². The molecule has 0 unspecified atom stereocenters. The Morgan fingerprint density at radius 3 is 2.64 bits per heavy atom. The molecule has 25 heavy (non-hydrogen) atoms. The molecule has 142 valence electrons. The quantitative estimate of drug-likeness (QED) is 0.373. The molecule has 0 aliphatic carbocycles. The fourth-order valence-electron chi connectivity index (χ4n) is 2.91. The predicted octanol–water partition coefficient (Wildman–Crippen LogP) is 2.35. The molecule has 1 aliphatic rings. The second kappa shape index (κ2) is 12.5. The molecule has 1 heterocycles. The van der Waals surface area contributed by atoms with E-state index in [-0.39, 0.29) is 24.0 Å². The summed E-state index contributed by atoms with van der Waals surface area (Å²) < 4.78 is 5.38. The molecule has 1 aliphatic heterocycles. The second-order valence-corrected chi connectivity index (χ2v) is 6.32. The molecule has 1 fully saturated rings. The summed E-state index contributed by atoms with van der Waals surface area (Å²) in [6.45, 7) is 13.7. The van der Waals surface area contributed by atoms with E-state index in [0.29, 0.717) is 0 Å². The van der Waals surface area contributed by atoms with Gasteiger partial charge in [-0.1, -0.05) is 23.8 Å². The van der Waals surface area contributed by atoms with E-state index < -0.39 is 0 Å². The van der Waals surface area contributed by atoms with Gasteiger partial charge in [0.1, 0.15) is 0 Å². The molecule has 0 saturated carbocycles. The third-order valence-corrected chi connectivity index (χ3v) is 4.32. The van der Waals surface area contributed by atoms with Gasteiger partial charge in [-0.05, 0) is 38.3 Å². The van der Waals surface area contributed by atoms with E-state index in [0.717, 1.165) is 64.9 Å². The summed E-state index contributed by atoms with van der Waals surface area (Å²) in [4.78, 5) is 7.10. The van der Waals surface area contributed by atoms with Crippen LogP contribution in [0.5, 0.6) is 0 Å². The molecule has 2 N–H and O–H groups in total. The van der Waals surface area contributed by atoms with Crippen LogP contribution < -0.4 is 10.6 Å². The fourth-order valence-corrected chi connectivity index (χ4v) is 2.91. The van der Waals surface area contributed by atoms with Gasteiger partial charge in [-0.3, -0.25) is 9.89 Å². The number of morpholine rings is 1. The molecular weight excluding hydrogens is 427 g/mol. The van der Waals surface area contributed by atoms with Gasteiger partial charge in [0, 0.05) is 32.7 Å². The molecule has 1 aromatic carbocycles. The highest BCUT2D eigenvalue weighted by atomic mass is 127. The molecule has 0 spiro atoms. The Hall–Kier alpha value is -0.860. The van der Waals surface area contributed by atoms with Gasteiger partial charge in [-0.25, -0.2) is 0 Å². The van der Waals surface area contributed by atoms with Crippen LogP contribution >= 0.6 is 24.0 Å². The highest BCUT2D eigenvalue weighted by Crippen LogP contribution is 2.10. The number of hydrogen-bond acceptors (Lipinski definition) is 3. The Kier molecular flexibility index (Phi) is 11.1. The Morgan fingerprint density at radius 2 is 1.96 bits per heavy atom. The van der Waals surface area contributed by atoms with Crippen molar-refractivity contribution in [3.8, 4) is 0 Å². The number of ether oxygens (including phenoxy) is 1. The Morgan fingerprint density at radius 1 is 1.20 bits per heavy atom. The lowest BCUT2D eigenvalue weighted by atomic mass is 10.0. The number of halogens is 1. The summed E-state index contributed by atoms with van der Waals surface area (Å²) in [6.07, 6.45) is 1.01. The summed E-state index contributed by atoms with van der Waals surface area (Å²) in [5.41, 5.74) is 4.09. The zero-order valence-electron chi connectivity index (χ0n) is 15.8. The van der Waals surface area contributed by atoms with Crippen molar-refractivity contribution >= 4 is 29.9 Å². The van der Waals surface area contributed by atoms with Crippen LogP contribution in [0.1, 0.15) is 23.6 Å². The molecule has 0 radical (unpaired) electrons. The van der Waals surface area contributed by atoms with Crippen molar-refractivity contribution in [3.63, 3.8) is 0 Å². The van der Waals surface area contributed by atoms with Crippen molar-refractivity contribution in [1.82, 2.24) is 15.5 Å². The van der Waals surface area contributed by atoms with Gasteiger partial charge < -0.3 is 15.4 Å². The van der Waals surface area contributed by atoms with Crippen molar-refractivity contribution in [2.24, 2.45) is 4.99 Å². The smallest absolute Gasteiger partial charge is 0.191 e. The van der Waals surface area contributed by atoms with Gasteiger partial charge in [-0.2, -0.15) is 0 Å². The number of aryl methyl sites for hydroxylation is 2. The van der Waals surface area contributed by atoms with Gasteiger partial charge >= 0.3 is 0 Å². The van der Waals surface area contributed by atoms with E-state index in [1.165, 1.54) is 16.7 Å². The van der Waals surface area contributed by atoms with Crippen molar-refractivity contribution in [2.75, 3.05) is 52.5 Å². The standard InChI is InChI=1S/C19H32N4O.HI/c1-4-20-19(22-9-10-23-11-13-24-14-12-23)21-8-7-18-6-5-16(2)15-17(18)3;/h5-6,15H,4,7-14H2,1-3H3,(H2,20,21,22);1H. The van der Waals surface area contributed by atoms with E-state index in [4.69, 9.17) is 4.74 Å². The first-order valence-corrected chi connectivity index (χ1v) is 9.07. The maximum atomic E-state index is 5.38. The van der Waals surface area contributed by atoms with Crippen LogP contribution in [-0.2, 0) is 11.2 Å². The molecular formula is C19H33IN4O. The number of rotatable bonds is 7. The molecule has 5 nitrogen and oxygen atoms in total. The van der Waals surface area contributed by atoms with Gasteiger partial charge in [0.15, 0.2) is 5.96 Å². The van der Waals surface area contributed by atoms with E-state index in [2.05, 4.69) is 59.5 Å². The highest BCUT2D eigenvalue weighted by molar-refractivity contribution is 14.0. The summed E-state index contributed by atoms with van der Waals surface area (Å²) in [7, 11) is 0. The third-order valence-electron chi connectivity index (χ3n) is 4.32. The first kappa shape index (κ1) is 22.2. The number of nitrogens with zero attached hydrogens (tertiary/aromatic N) is 2. The van der Waals surface area contributed by atoms with Crippen LogP contribution in [0.3, 0.4) is 0 Å². The molecule has 1 saturated heterocycles. The van der Waals surface area contributed by atoms with Crippen LogP contribution in [0.25, 0.3) is 0 Å². The molecule has 2 rings (SSSR count). The van der Waals surface area contributed by atoms with E-state index in [9.17, 15) is 0 Å². The molecule has 0 amide bonds. The maximum Gasteiger partial charge on any atom is 0.191 e. The van der Waals surface area contributed by atoms with Crippen molar-refractivity contribution in [1.29, 1.82) is 0 Å². The number of aliphatic imine (C=N–C) groups is 1. The summed E-state index contributed by atoms with van der Waals surface area (Å²) in [5.74, 6) is 0.913. The van der Waals surface area contributed by atoms with Crippen LogP contribution in [0.4, 0.5) is 0 Å². The van der Waals surface area contributed by atoms with E-state index in [1.807, 2.05) is 0 Å². The predicted molar refractivity (Wildman–Crippen MR) is 116 cm³/mol. The average Bonchev–Trinajstić information content (AvgIpc) is 2.58. The lowest BCUT2D eigenvalue weighted by molar-refractivity contribution is 0.0394.